The second-order valence-corrected chi connectivity index (χ2v) is 7.10. The van der Waals surface area contributed by atoms with E-state index >= 15 is 0 Å². The molecular formula is C21H18F3N3O3S. The van der Waals surface area contributed by atoms with Crippen molar-refractivity contribution in [1.29, 1.82) is 0 Å². The van der Waals surface area contributed by atoms with Crippen LogP contribution in [-0.2, 0) is 13.1 Å². The topological polar surface area (TPSA) is 67.3 Å². The van der Waals surface area contributed by atoms with E-state index in [1.165, 1.54) is 52.9 Å². The lowest BCUT2D eigenvalue weighted by Crippen LogP contribution is -2.27. The average molecular weight is 449 g/mol. The largest absolute Gasteiger partial charge is 0.573 e. The van der Waals surface area contributed by atoms with E-state index in [2.05, 4.69) is 16.3 Å². The Bertz CT molecular complexity index is 1260. The summed E-state index contributed by atoms with van der Waals surface area (Å²) in [5.74, 6) is -0.821. The van der Waals surface area contributed by atoms with Gasteiger partial charge in [-0.3, -0.25) is 14.2 Å². The summed E-state index contributed by atoms with van der Waals surface area (Å²) in [4.78, 5) is 29.6. The number of H-pyrrole nitrogens is 1. The van der Waals surface area contributed by atoms with Gasteiger partial charge in [0.05, 0.1) is 10.9 Å². The highest BCUT2D eigenvalue weighted by Crippen LogP contribution is 2.27. The van der Waals surface area contributed by atoms with Gasteiger partial charge in [0.2, 0.25) is 0 Å². The molecule has 1 N–H and O–H groups in total. The highest BCUT2D eigenvalue weighted by Gasteiger charge is 2.32. The van der Waals surface area contributed by atoms with Gasteiger partial charge in [-0.25, -0.2) is 0 Å². The maximum Gasteiger partial charge on any atom is 0.573 e. The van der Waals surface area contributed by atoms with Crippen LogP contribution in [0.4, 0.5) is 13.2 Å². The van der Waals surface area contributed by atoms with Gasteiger partial charge >= 0.3 is 6.36 Å². The molecule has 2 aromatic carbocycles. The van der Waals surface area contributed by atoms with E-state index in [1.54, 1.807) is 12.1 Å². The number of para-hydroxylation sites is 1. The van der Waals surface area contributed by atoms with Crippen LogP contribution in [0.3, 0.4) is 0 Å². The zero-order valence-electron chi connectivity index (χ0n) is 16.4. The molecule has 1 amide bonds. The fraction of sp³-hybridized carbons (Fsp3) is 0.190. The lowest BCUT2D eigenvalue weighted by molar-refractivity contribution is -0.275. The fourth-order valence-corrected chi connectivity index (χ4v) is 3.36. The maximum atomic E-state index is 12.9. The number of carbonyl (C=O) groups excluding carboxylic acids is 1. The predicted molar refractivity (Wildman–Crippen MR) is 113 cm³/mol. The minimum Gasteiger partial charge on any atom is -0.405 e. The molecule has 31 heavy (non-hydrogen) atoms. The van der Waals surface area contributed by atoms with Crippen molar-refractivity contribution in [2.75, 3.05) is 7.05 Å². The third kappa shape index (κ3) is 5.02. The smallest absolute Gasteiger partial charge is 0.405 e. The number of aromatic amines is 1. The molecule has 0 radical (unpaired) electrons. The quantitative estimate of drug-likeness (QED) is 0.447. The summed E-state index contributed by atoms with van der Waals surface area (Å²) < 4.78 is 43.4. The zero-order valence-corrected chi connectivity index (χ0v) is 17.2. The van der Waals surface area contributed by atoms with Crippen molar-refractivity contribution in [2.24, 2.45) is 0 Å². The van der Waals surface area contributed by atoms with Crippen LogP contribution in [0.5, 0.6) is 5.75 Å². The summed E-state index contributed by atoms with van der Waals surface area (Å²) in [7, 11) is 1.46. The summed E-state index contributed by atoms with van der Waals surface area (Å²) in [5.41, 5.74) is 0.513. The number of carbonyl (C=O) groups is 1. The van der Waals surface area contributed by atoms with E-state index in [4.69, 9.17) is 12.2 Å². The summed E-state index contributed by atoms with van der Waals surface area (Å²) in [6.45, 7) is 3.73. The number of hydrogen-bond donors (Lipinski definition) is 1. The summed E-state index contributed by atoms with van der Waals surface area (Å²) >= 11 is 5.20. The second kappa shape index (κ2) is 8.76. The number of ether oxygens (including phenoxy) is 1. The molecule has 1 aromatic heterocycles. The number of nitrogens with zero attached hydrogens (tertiary/aromatic N) is 2. The van der Waals surface area contributed by atoms with Crippen LogP contribution in [0.15, 0.2) is 59.9 Å². The van der Waals surface area contributed by atoms with E-state index in [0.717, 1.165) is 0 Å². The molecule has 0 aliphatic rings. The Morgan fingerprint density at radius 3 is 2.68 bits per heavy atom. The van der Waals surface area contributed by atoms with Crippen LogP contribution in [-0.4, -0.2) is 33.8 Å². The number of nitrogens with one attached hydrogen (secondary N) is 1. The summed E-state index contributed by atoms with van der Waals surface area (Å²) in [6.07, 6.45) is -3.29. The van der Waals surface area contributed by atoms with Gasteiger partial charge in [0, 0.05) is 31.3 Å². The molecule has 0 saturated heterocycles. The van der Waals surface area contributed by atoms with Crippen LogP contribution in [0.25, 0.3) is 10.9 Å². The molecule has 10 heteroatoms. The van der Waals surface area contributed by atoms with Crippen LogP contribution < -0.4 is 10.3 Å². The van der Waals surface area contributed by atoms with Gasteiger partial charge in [-0.15, -0.1) is 19.8 Å². The third-order valence-corrected chi connectivity index (χ3v) is 4.82. The predicted octanol–water partition coefficient (Wildman–Crippen LogP) is 4.42. The van der Waals surface area contributed by atoms with Crippen LogP contribution >= 0.6 is 12.2 Å². The van der Waals surface area contributed by atoms with Crippen molar-refractivity contribution in [1.82, 2.24) is 14.5 Å². The van der Waals surface area contributed by atoms with Gasteiger partial charge in [-0.05, 0) is 36.5 Å². The SMILES string of the molecule is C=CCn1c(=S)[nH]c2cc(C(=O)N(C)Cc3ccccc3OC(F)(F)F)ccc2c1=O. The Labute approximate surface area is 180 Å². The van der Waals surface area contributed by atoms with Gasteiger partial charge in [-0.1, -0.05) is 24.3 Å². The minimum atomic E-state index is -4.84. The van der Waals surface area contributed by atoms with Crippen molar-refractivity contribution in [3.63, 3.8) is 0 Å². The normalized spacial score (nSPS) is 11.4. The van der Waals surface area contributed by atoms with Gasteiger partial charge in [-0.2, -0.15) is 0 Å². The molecule has 3 aromatic rings. The molecule has 0 spiro atoms. The summed E-state index contributed by atoms with van der Waals surface area (Å²) in [6, 6.07) is 10.1. The minimum absolute atomic E-state index is 0.111. The first kappa shape index (κ1) is 22.3. The summed E-state index contributed by atoms with van der Waals surface area (Å²) in [5, 5.41) is 0.346. The molecule has 0 aliphatic heterocycles. The number of halogens is 3. The van der Waals surface area contributed by atoms with Crippen LogP contribution in [0.2, 0.25) is 0 Å². The Hall–Kier alpha value is -3.40. The number of aromatic nitrogens is 2. The van der Waals surface area contributed by atoms with E-state index in [9.17, 15) is 22.8 Å². The monoisotopic (exact) mass is 449 g/mol. The highest BCUT2D eigenvalue weighted by molar-refractivity contribution is 7.71. The van der Waals surface area contributed by atoms with E-state index in [-0.39, 0.29) is 40.3 Å². The molecule has 6 nitrogen and oxygen atoms in total. The maximum absolute atomic E-state index is 12.9. The number of alkyl halides is 3. The standard InChI is InChI=1S/C21H18F3N3O3S/c1-3-10-27-19(29)15-9-8-13(11-16(15)25-20(27)31)18(28)26(2)12-14-6-4-5-7-17(14)30-21(22,23)24/h3-9,11H,1,10,12H2,2H3,(H,25,31). The Balaban J connectivity index is 1.90. The van der Waals surface area contributed by atoms with E-state index in [1.807, 2.05) is 0 Å². The molecule has 0 aliphatic carbocycles. The van der Waals surface area contributed by atoms with Crippen molar-refractivity contribution in [3.05, 3.63) is 81.4 Å². The van der Waals surface area contributed by atoms with Gasteiger partial charge < -0.3 is 14.6 Å². The molecule has 0 unspecified atom stereocenters. The lowest BCUT2D eigenvalue weighted by Gasteiger charge is -2.20. The molecule has 1 heterocycles. The Morgan fingerprint density at radius 2 is 2.00 bits per heavy atom. The second-order valence-electron chi connectivity index (χ2n) is 6.71. The molecule has 0 bridgehead atoms. The zero-order chi connectivity index (χ0) is 22.8. The fourth-order valence-electron chi connectivity index (χ4n) is 3.09. The van der Waals surface area contributed by atoms with Crippen LogP contribution in [0, 0.1) is 4.77 Å². The molecule has 162 valence electrons. The van der Waals surface area contributed by atoms with E-state index in [0.29, 0.717) is 10.9 Å². The molecule has 0 atom stereocenters. The third-order valence-electron chi connectivity index (χ3n) is 4.49. The van der Waals surface area contributed by atoms with Crippen molar-refractivity contribution in [2.45, 2.75) is 19.5 Å². The first-order valence-corrected chi connectivity index (χ1v) is 9.48. The highest BCUT2D eigenvalue weighted by atomic mass is 32.1. The van der Waals surface area contributed by atoms with Gasteiger partial charge in [0.15, 0.2) is 4.77 Å². The molecule has 0 fully saturated rings. The average Bonchev–Trinajstić information content (AvgIpc) is 2.70. The van der Waals surface area contributed by atoms with Gasteiger partial charge in [0.1, 0.15) is 5.75 Å². The number of amides is 1. The number of fused-ring (bicyclic) bond motifs is 1. The lowest BCUT2D eigenvalue weighted by atomic mass is 10.1. The van der Waals surface area contributed by atoms with E-state index < -0.39 is 12.3 Å². The van der Waals surface area contributed by atoms with Crippen LogP contribution in [0.1, 0.15) is 15.9 Å². The number of rotatable bonds is 6. The first-order valence-electron chi connectivity index (χ1n) is 9.07. The molecule has 3 rings (SSSR count). The number of allylic oxidation sites excluding steroid dienone is 1. The van der Waals surface area contributed by atoms with Crippen molar-refractivity contribution < 1.29 is 22.7 Å². The molecular weight excluding hydrogens is 431 g/mol. The first-order chi connectivity index (χ1) is 14.6. The number of benzene rings is 2. The Morgan fingerprint density at radius 1 is 1.29 bits per heavy atom. The number of hydrogen-bond acceptors (Lipinski definition) is 4. The Kier molecular flexibility index (Phi) is 6.30. The van der Waals surface area contributed by atoms with Gasteiger partial charge in [0.25, 0.3) is 11.5 Å². The molecule has 0 saturated carbocycles. The van der Waals surface area contributed by atoms with Crippen molar-refractivity contribution in [3.8, 4) is 5.75 Å². The van der Waals surface area contributed by atoms with Crippen molar-refractivity contribution >= 4 is 29.0 Å².